The Kier molecular flexibility index (Phi) is 3.07. The van der Waals surface area contributed by atoms with Crippen molar-refractivity contribution in [3.05, 3.63) is 0 Å². The lowest BCUT2D eigenvalue weighted by Gasteiger charge is -2.09. The summed E-state index contributed by atoms with van der Waals surface area (Å²) >= 11 is 0. The largest absolute Gasteiger partial charge is 0.480 e. The van der Waals surface area contributed by atoms with Gasteiger partial charge in [-0.05, 0) is 19.3 Å². The van der Waals surface area contributed by atoms with Gasteiger partial charge in [-0.25, -0.2) is 0 Å². The van der Waals surface area contributed by atoms with E-state index in [2.05, 4.69) is 5.32 Å². The highest BCUT2D eigenvalue weighted by molar-refractivity contribution is 5.82. The Labute approximate surface area is 81.1 Å². The monoisotopic (exact) mass is 202 g/mol. The Morgan fingerprint density at radius 2 is 2.07 bits per heavy atom. The molecule has 0 amide bonds. The second-order valence-corrected chi connectivity index (χ2v) is 3.58. The molecule has 1 rings (SSSR count). The number of carboxylic acid groups (broad SMARTS) is 2. The smallest absolute Gasteiger partial charge is 0.325 e. The van der Waals surface area contributed by atoms with Gasteiger partial charge >= 0.3 is 11.9 Å². The molecule has 0 radical (unpaired) electrons. The molecular formula is C8H14N2O4. The molecule has 80 valence electrons. The number of nitrogens with one attached hydrogen (secondary N) is 1. The van der Waals surface area contributed by atoms with Crippen molar-refractivity contribution in [2.75, 3.05) is 6.54 Å². The molecule has 0 aliphatic carbocycles. The molecule has 0 aromatic heterocycles. The van der Waals surface area contributed by atoms with Gasteiger partial charge in [-0.3, -0.25) is 14.9 Å². The summed E-state index contributed by atoms with van der Waals surface area (Å²) in [6.07, 6.45) is 1.25. The Morgan fingerprint density at radius 3 is 2.43 bits per heavy atom. The maximum atomic E-state index is 10.7. The molecule has 6 nitrogen and oxygen atoms in total. The normalized spacial score (nSPS) is 26.9. The molecular weight excluding hydrogens is 188 g/mol. The van der Waals surface area contributed by atoms with E-state index in [1.807, 2.05) is 0 Å². The SMILES string of the molecule is N[C@H](CCC[C@]1(C(=O)O)CN1)C(=O)O. The number of nitrogens with two attached hydrogens (primary N) is 1. The highest BCUT2D eigenvalue weighted by Crippen LogP contribution is 2.24. The quantitative estimate of drug-likeness (QED) is 0.409. The van der Waals surface area contributed by atoms with Crippen molar-refractivity contribution in [3.8, 4) is 0 Å². The Morgan fingerprint density at radius 1 is 1.50 bits per heavy atom. The number of rotatable bonds is 6. The van der Waals surface area contributed by atoms with Gasteiger partial charge in [0.05, 0.1) is 0 Å². The van der Waals surface area contributed by atoms with Gasteiger partial charge in [0.25, 0.3) is 0 Å². The summed E-state index contributed by atoms with van der Waals surface area (Å²) in [7, 11) is 0. The van der Waals surface area contributed by atoms with Crippen molar-refractivity contribution in [1.29, 1.82) is 0 Å². The molecule has 1 aliphatic rings. The van der Waals surface area contributed by atoms with Crippen LogP contribution < -0.4 is 11.1 Å². The van der Waals surface area contributed by atoms with Gasteiger partial charge in [-0.15, -0.1) is 0 Å². The fourth-order valence-corrected chi connectivity index (χ4v) is 1.29. The van der Waals surface area contributed by atoms with Gasteiger partial charge in [-0.2, -0.15) is 0 Å². The summed E-state index contributed by atoms with van der Waals surface area (Å²) in [5.74, 6) is -1.92. The number of carbonyl (C=O) groups is 2. The molecule has 2 atom stereocenters. The second-order valence-electron chi connectivity index (χ2n) is 3.58. The molecule has 6 heteroatoms. The van der Waals surface area contributed by atoms with Crippen molar-refractivity contribution in [3.63, 3.8) is 0 Å². The molecule has 0 spiro atoms. The summed E-state index contributed by atoms with van der Waals surface area (Å²) in [4.78, 5) is 21.0. The van der Waals surface area contributed by atoms with Crippen molar-refractivity contribution in [2.45, 2.75) is 30.8 Å². The lowest BCUT2D eigenvalue weighted by Crippen LogP contribution is -2.32. The minimum Gasteiger partial charge on any atom is -0.480 e. The highest BCUT2D eigenvalue weighted by atomic mass is 16.4. The van der Waals surface area contributed by atoms with Gasteiger partial charge in [0.1, 0.15) is 11.6 Å². The predicted octanol–water partition coefficient (Wildman–Crippen LogP) is -1.00. The summed E-state index contributed by atoms with van der Waals surface area (Å²) in [5, 5.41) is 20.0. The Balaban J connectivity index is 2.22. The van der Waals surface area contributed by atoms with Gasteiger partial charge in [0.2, 0.25) is 0 Å². The third-order valence-corrected chi connectivity index (χ3v) is 2.45. The summed E-state index contributed by atoms with van der Waals surface area (Å²) in [6.45, 7) is 0.463. The Bertz CT molecular complexity index is 250. The van der Waals surface area contributed by atoms with Crippen LogP contribution >= 0.6 is 0 Å². The van der Waals surface area contributed by atoms with E-state index in [4.69, 9.17) is 15.9 Å². The molecule has 1 aliphatic heterocycles. The van der Waals surface area contributed by atoms with Crippen LogP contribution in [0.15, 0.2) is 0 Å². The number of aliphatic carboxylic acids is 2. The summed E-state index contributed by atoms with van der Waals surface area (Å²) in [6, 6.07) is -0.889. The number of hydrogen-bond donors (Lipinski definition) is 4. The lowest BCUT2D eigenvalue weighted by molar-refractivity contribution is -0.140. The third-order valence-electron chi connectivity index (χ3n) is 2.45. The van der Waals surface area contributed by atoms with Crippen molar-refractivity contribution in [2.24, 2.45) is 5.73 Å². The molecule has 1 saturated heterocycles. The standard InChI is InChI=1S/C8H14N2O4/c9-5(6(11)12)2-1-3-8(4-10-8)7(13)14/h5,10H,1-4,9H2,(H,11,12)(H,13,14)/t5-,8-/m1/s1. The van der Waals surface area contributed by atoms with E-state index in [0.29, 0.717) is 25.8 Å². The van der Waals surface area contributed by atoms with Crippen LogP contribution in [0.4, 0.5) is 0 Å². The molecule has 0 aromatic carbocycles. The van der Waals surface area contributed by atoms with Gasteiger partial charge < -0.3 is 15.9 Å². The second kappa shape index (κ2) is 3.93. The van der Waals surface area contributed by atoms with Crippen molar-refractivity contribution < 1.29 is 19.8 Å². The first kappa shape index (κ1) is 10.9. The first-order valence-corrected chi connectivity index (χ1v) is 4.45. The number of hydrogen-bond acceptors (Lipinski definition) is 4. The maximum absolute atomic E-state index is 10.7. The third kappa shape index (κ3) is 2.43. The van der Waals surface area contributed by atoms with E-state index in [0.717, 1.165) is 0 Å². The average Bonchev–Trinajstić information content (AvgIpc) is 2.85. The van der Waals surface area contributed by atoms with Crippen molar-refractivity contribution in [1.82, 2.24) is 5.32 Å². The zero-order valence-corrected chi connectivity index (χ0v) is 7.69. The molecule has 1 fully saturated rings. The number of carboxylic acids is 2. The summed E-state index contributed by atoms with van der Waals surface area (Å²) in [5.41, 5.74) is 4.47. The zero-order chi connectivity index (χ0) is 10.8. The average molecular weight is 202 g/mol. The Hall–Kier alpha value is -1.14. The fourth-order valence-electron chi connectivity index (χ4n) is 1.29. The van der Waals surface area contributed by atoms with Crippen LogP contribution in [-0.2, 0) is 9.59 Å². The maximum Gasteiger partial charge on any atom is 0.325 e. The summed E-state index contributed by atoms with van der Waals surface area (Å²) < 4.78 is 0. The minimum atomic E-state index is -1.04. The van der Waals surface area contributed by atoms with E-state index < -0.39 is 23.5 Å². The van der Waals surface area contributed by atoms with E-state index in [-0.39, 0.29) is 0 Å². The first-order chi connectivity index (χ1) is 6.48. The molecule has 0 unspecified atom stereocenters. The van der Waals surface area contributed by atoms with Gasteiger partial charge in [0.15, 0.2) is 0 Å². The zero-order valence-electron chi connectivity index (χ0n) is 7.69. The topological polar surface area (TPSA) is 123 Å². The molecule has 0 aromatic rings. The first-order valence-electron chi connectivity index (χ1n) is 4.45. The van der Waals surface area contributed by atoms with Crippen LogP contribution in [-0.4, -0.2) is 40.3 Å². The van der Waals surface area contributed by atoms with Crippen molar-refractivity contribution >= 4 is 11.9 Å². The molecule has 14 heavy (non-hydrogen) atoms. The van der Waals surface area contributed by atoms with Crippen LogP contribution in [0.3, 0.4) is 0 Å². The van der Waals surface area contributed by atoms with Gasteiger partial charge in [0, 0.05) is 6.54 Å². The lowest BCUT2D eigenvalue weighted by atomic mass is 10.0. The van der Waals surface area contributed by atoms with Crippen LogP contribution in [0.1, 0.15) is 19.3 Å². The highest BCUT2D eigenvalue weighted by Gasteiger charge is 2.49. The van der Waals surface area contributed by atoms with Gasteiger partial charge in [-0.1, -0.05) is 0 Å². The van der Waals surface area contributed by atoms with Crippen LogP contribution in [0.2, 0.25) is 0 Å². The van der Waals surface area contributed by atoms with Crippen LogP contribution in [0.25, 0.3) is 0 Å². The molecule has 0 saturated carbocycles. The minimum absolute atomic E-state index is 0.312. The molecule has 5 N–H and O–H groups in total. The van der Waals surface area contributed by atoms with E-state index >= 15 is 0 Å². The van der Waals surface area contributed by atoms with E-state index in [1.165, 1.54) is 0 Å². The van der Waals surface area contributed by atoms with E-state index in [1.54, 1.807) is 0 Å². The fraction of sp³-hybridized carbons (Fsp3) is 0.750. The van der Waals surface area contributed by atoms with Crippen LogP contribution in [0, 0.1) is 0 Å². The van der Waals surface area contributed by atoms with Crippen LogP contribution in [0.5, 0.6) is 0 Å². The van der Waals surface area contributed by atoms with E-state index in [9.17, 15) is 9.59 Å². The molecule has 0 bridgehead atoms. The predicted molar refractivity (Wildman–Crippen MR) is 47.8 cm³/mol. The molecule has 1 heterocycles.